The molecule has 0 aromatic carbocycles. The first-order chi connectivity index (χ1) is 14.3. The number of thiophene rings is 1. The van der Waals surface area contributed by atoms with Gasteiger partial charge in [0.2, 0.25) is 0 Å². The summed E-state index contributed by atoms with van der Waals surface area (Å²) in [6.07, 6.45) is 0.898. The van der Waals surface area contributed by atoms with Gasteiger partial charge in [-0.05, 0) is 45.2 Å². The predicted octanol–water partition coefficient (Wildman–Crippen LogP) is 2.39. The monoisotopic (exact) mass is 434 g/mol. The van der Waals surface area contributed by atoms with Crippen molar-refractivity contribution >= 4 is 45.2 Å². The maximum absolute atomic E-state index is 12.4. The highest BCUT2D eigenvalue weighted by Gasteiger charge is 2.25. The molecule has 162 valence electrons. The summed E-state index contributed by atoms with van der Waals surface area (Å²) in [5, 5.41) is 3.59. The number of esters is 1. The van der Waals surface area contributed by atoms with E-state index in [1.54, 1.807) is 11.8 Å². The topological polar surface area (TPSA) is 124 Å². The standard InChI is InChI=1S/C20H26N4O5S/c1-4-28-20(27)24-7-5-13(6-8-24)23-14(25)10-29-19(26)17-16(21)15-11(2)9-12(3)22-18(15)30-17/h9,13H,4-8,10,21H2,1-3H3,(H,23,25). The van der Waals surface area contributed by atoms with E-state index in [9.17, 15) is 14.4 Å². The van der Waals surface area contributed by atoms with Crippen molar-refractivity contribution < 1.29 is 23.9 Å². The molecule has 3 N–H and O–H groups in total. The average molecular weight is 435 g/mol. The number of hydrogen-bond donors (Lipinski definition) is 2. The summed E-state index contributed by atoms with van der Waals surface area (Å²) in [5.41, 5.74) is 8.25. The molecule has 2 amide bonds. The van der Waals surface area contributed by atoms with Crippen molar-refractivity contribution in [3.05, 3.63) is 22.2 Å². The second-order valence-electron chi connectivity index (χ2n) is 7.21. The van der Waals surface area contributed by atoms with Gasteiger partial charge in [-0.2, -0.15) is 0 Å². The van der Waals surface area contributed by atoms with Crippen LogP contribution in [0, 0.1) is 13.8 Å². The van der Waals surface area contributed by atoms with E-state index in [4.69, 9.17) is 15.2 Å². The highest BCUT2D eigenvalue weighted by Crippen LogP contribution is 2.35. The molecule has 10 heteroatoms. The molecule has 0 aliphatic carbocycles. The van der Waals surface area contributed by atoms with Gasteiger partial charge in [0.25, 0.3) is 5.91 Å². The van der Waals surface area contributed by atoms with Crippen molar-refractivity contribution in [2.24, 2.45) is 0 Å². The van der Waals surface area contributed by atoms with Crippen molar-refractivity contribution in [1.29, 1.82) is 0 Å². The Kier molecular flexibility index (Phi) is 6.76. The predicted molar refractivity (Wildman–Crippen MR) is 114 cm³/mol. The highest BCUT2D eigenvalue weighted by atomic mass is 32.1. The van der Waals surface area contributed by atoms with Crippen molar-refractivity contribution in [1.82, 2.24) is 15.2 Å². The molecule has 1 aliphatic heterocycles. The Bertz CT molecular complexity index is 966. The number of piperidine rings is 1. The van der Waals surface area contributed by atoms with E-state index >= 15 is 0 Å². The van der Waals surface area contributed by atoms with Crippen LogP contribution < -0.4 is 11.1 Å². The molecule has 0 spiro atoms. The fourth-order valence-electron chi connectivity index (χ4n) is 3.51. The maximum Gasteiger partial charge on any atom is 0.409 e. The molecule has 2 aromatic heterocycles. The van der Waals surface area contributed by atoms with Crippen molar-refractivity contribution in [3.8, 4) is 0 Å². The van der Waals surface area contributed by atoms with Crippen LogP contribution in [-0.2, 0) is 14.3 Å². The van der Waals surface area contributed by atoms with Crippen LogP contribution in [0.15, 0.2) is 6.07 Å². The lowest BCUT2D eigenvalue weighted by molar-refractivity contribution is -0.125. The minimum Gasteiger partial charge on any atom is -0.451 e. The molecular weight excluding hydrogens is 408 g/mol. The van der Waals surface area contributed by atoms with Crippen molar-refractivity contribution in [2.75, 3.05) is 32.0 Å². The van der Waals surface area contributed by atoms with Crippen LogP contribution in [0.2, 0.25) is 0 Å². The van der Waals surface area contributed by atoms with Crippen LogP contribution in [-0.4, -0.2) is 60.2 Å². The second kappa shape index (κ2) is 9.29. The lowest BCUT2D eigenvalue weighted by Gasteiger charge is -2.31. The minimum absolute atomic E-state index is 0.0777. The molecule has 0 atom stereocenters. The number of amides is 2. The highest BCUT2D eigenvalue weighted by molar-refractivity contribution is 7.21. The zero-order chi connectivity index (χ0) is 21.8. The van der Waals surface area contributed by atoms with E-state index in [1.807, 2.05) is 19.9 Å². The van der Waals surface area contributed by atoms with E-state index in [1.165, 1.54) is 0 Å². The second-order valence-corrected chi connectivity index (χ2v) is 8.21. The summed E-state index contributed by atoms with van der Waals surface area (Å²) < 4.78 is 10.1. The number of nitrogens with two attached hydrogens (primary N) is 1. The number of carbonyl (C=O) groups excluding carboxylic acids is 3. The third-order valence-corrected chi connectivity index (χ3v) is 6.01. The van der Waals surface area contributed by atoms with Crippen LogP contribution in [0.5, 0.6) is 0 Å². The lowest BCUT2D eigenvalue weighted by Crippen LogP contribution is -2.47. The number of hydrogen-bond acceptors (Lipinski definition) is 8. The van der Waals surface area contributed by atoms with Crippen molar-refractivity contribution in [3.63, 3.8) is 0 Å². The van der Waals surface area contributed by atoms with E-state index in [2.05, 4.69) is 10.3 Å². The number of nitrogens with zero attached hydrogens (tertiary/aromatic N) is 2. The summed E-state index contributed by atoms with van der Waals surface area (Å²) in [6.45, 7) is 6.51. The number of rotatable bonds is 5. The van der Waals surface area contributed by atoms with Crippen LogP contribution in [0.4, 0.5) is 10.5 Å². The number of fused-ring (bicyclic) bond motifs is 1. The Hall–Kier alpha value is -2.88. The van der Waals surface area contributed by atoms with Gasteiger partial charge in [-0.3, -0.25) is 4.79 Å². The van der Waals surface area contributed by atoms with Gasteiger partial charge in [-0.15, -0.1) is 11.3 Å². The van der Waals surface area contributed by atoms with Gasteiger partial charge in [0.15, 0.2) is 6.61 Å². The molecule has 2 aromatic rings. The molecule has 30 heavy (non-hydrogen) atoms. The molecular formula is C20H26N4O5S. The summed E-state index contributed by atoms with van der Waals surface area (Å²) in [6, 6.07) is 1.83. The number of nitrogens with one attached hydrogen (secondary N) is 1. The number of nitrogen functional groups attached to an aromatic ring is 1. The summed E-state index contributed by atoms with van der Waals surface area (Å²) in [5.74, 6) is -1.03. The molecule has 3 heterocycles. The van der Waals surface area contributed by atoms with Crippen molar-refractivity contribution in [2.45, 2.75) is 39.7 Å². The van der Waals surface area contributed by atoms with Gasteiger partial charge in [-0.25, -0.2) is 14.6 Å². The largest absolute Gasteiger partial charge is 0.451 e. The van der Waals surface area contributed by atoms with Gasteiger partial charge < -0.3 is 25.4 Å². The molecule has 1 saturated heterocycles. The number of anilines is 1. The van der Waals surface area contributed by atoms with Gasteiger partial charge >= 0.3 is 12.1 Å². The number of aryl methyl sites for hydroxylation is 2. The third-order valence-electron chi connectivity index (χ3n) is 4.93. The number of ether oxygens (including phenoxy) is 2. The van der Waals surface area contributed by atoms with E-state index in [-0.39, 0.29) is 22.9 Å². The maximum atomic E-state index is 12.4. The Labute approximate surface area is 178 Å². The van der Waals surface area contributed by atoms with Crippen LogP contribution >= 0.6 is 11.3 Å². The molecule has 0 saturated carbocycles. The molecule has 1 fully saturated rings. The van der Waals surface area contributed by atoms with Gasteiger partial charge in [-0.1, -0.05) is 0 Å². The van der Waals surface area contributed by atoms with Crippen LogP contribution in [0.25, 0.3) is 10.2 Å². The quantitative estimate of drug-likeness (QED) is 0.693. The van der Waals surface area contributed by atoms with E-state index in [0.717, 1.165) is 28.0 Å². The molecule has 0 unspecified atom stereocenters. The van der Waals surface area contributed by atoms with Crippen LogP contribution in [0.1, 0.15) is 40.7 Å². The minimum atomic E-state index is -0.639. The first-order valence-electron chi connectivity index (χ1n) is 9.84. The van der Waals surface area contributed by atoms with Gasteiger partial charge in [0, 0.05) is 30.2 Å². The number of aromatic nitrogens is 1. The fourth-order valence-corrected chi connectivity index (χ4v) is 4.62. The normalized spacial score (nSPS) is 14.6. The average Bonchev–Trinajstić information content (AvgIpc) is 3.03. The third kappa shape index (κ3) is 4.81. The summed E-state index contributed by atoms with van der Waals surface area (Å²) in [7, 11) is 0. The SMILES string of the molecule is CCOC(=O)N1CCC(NC(=O)COC(=O)c2sc3nc(C)cc(C)c3c2N)CC1. The number of carbonyl (C=O) groups is 3. The zero-order valence-corrected chi connectivity index (χ0v) is 18.1. The molecule has 0 radical (unpaired) electrons. The molecule has 0 bridgehead atoms. The lowest BCUT2D eigenvalue weighted by atomic mass is 10.1. The molecule has 3 rings (SSSR count). The molecule has 1 aliphatic rings. The zero-order valence-electron chi connectivity index (χ0n) is 17.3. The van der Waals surface area contributed by atoms with Gasteiger partial charge in [0.05, 0.1) is 12.3 Å². The smallest absolute Gasteiger partial charge is 0.409 e. The van der Waals surface area contributed by atoms with E-state index < -0.39 is 12.6 Å². The Morgan fingerprint density at radius 3 is 2.63 bits per heavy atom. The molecule has 9 nitrogen and oxygen atoms in total. The van der Waals surface area contributed by atoms with Crippen LogP contribution in [0.3, 0.4) is 0 Å². The summed E-state index contributed by atoms with van der Waals surface area (Å²) in [4.78, 5) is 43.3. The Morgan fingerprint density at radius 1 is 1.27 bits per heavy atom. The fraction of sp³-hybridized carbons (Fsp3) is 0.500. The first-order valence-corrected chi connectivity index (χ1v) is 10.7. The number of likely N-dealkylation sites (tertiary alicyclic amines) is 1. The van der Waals surface area contributed by atoms with Gasteiger partial charge in [0.1, 0.15) is 9.71 Å². The number of pyridine rings is 1. The summed E-state index contributed by atoms with van der Waals surface area (Å²) >= 11 is 1.16. The Morgan fingerprint density at radius 2 is 1.97 bits per heavy atom. The van der Waals surface area contributed by atoms with E-state index in [0.29, 0.717) is 43.1 Å². The first kappa shape index (κ1) is 21.8. The Balaban J connectivity index is 1.51.